The first-order valence-electron chi connectivity index (χ1n) is 7.98. The van der Waals surface area contributed by atoms with Crippen LogP contribution in [-0.4, -0.2) is 37.9 Å². The van der Waals surface area contributed by atoms with E-state index in [1.165, 1.54) is 0 Å². The van der Waals surface area contributed by atoms with E-state index >= 15 is 0 Å². The average Bonchev–Trinajstić information content (AvgIpc) is 2.55. The van der Waals surface area contributed by atoms with Crippen molar-refractivity contribution in [3.63, 3.8) is 0 Å². The molecule has 0 amide bonds. The summed E-state index contributed by atoms with van der Waals surface area (Å²) in [4.78, 5) is 2.58. The normalized spacial score (nSPS) is 22.5. The van der Waals surface area contributed by atoms with E-state index in [2.05, 4.69) is 30.9 Å². The Hall–Kier alpha value is -1.56. The Morgan fingerprint density at radius 3 is 2.00 bits per heavy atom. The van der Waals surface area contributed by atoms with E-state index in [1.54, 1.807) is 28.6 Å². The molecule has 1 aliphatic rings. The number of nitrogens with zero attached hydrogens (tertiary/aromatic N) is 2. The van der Waals surface area contributed by atoms with Crippen LogP contribution in [0.25, 0.3) is 0 Å². The van der Waals surface area contributed by atoms with Crippen LogP contribution in [0.1, 0.15) is 13.8 Å². The third kappa shape index (κ3) is 3.29. The van der Waals surface area contributed by atoms with Gasteiger partial charge >= 0.3 is 0 Å². The summed E-state index contributed by atoms with van der Waals surface area (Å²) in [5.41, 5.74) is 1.13. The zero-order chi connectivity index (χ0) is 17.3. The number of rotatable bonds is 3. The van der Waals surface area contributed by atoms with Gasteiger partial charge in [-0.05, 0) is 50.2 Å². The predicted molar refractivity (Wildman–Crippen MR) is 98.1 cm³/mol. The molecular formula is C18H21ClN2O2S. The predicted octanol–water partition coefficient (Wildman–Crippen LogP) is 3.63. The van der Waals surface area contributed by atoms with E-state index in [4.69, 9.17) is 11.6 Å². The highest BCUT2D eigenvalue weighted by atomic mass is 35.5. The van der Waals surface area contributed by atoms with Crippen molar-refractivity contribution in [3.8, 4) is 0 Å². The lowest BCUT2D eigenvalue weighted by atomic mass is 10.1. The van der Waals surface area contributed by atoms with E-state index < -0.39 is 10.0 Å². The van der Waals surface area contributed by atoms with Crippen molar-refractivity contribution in [2.45, 2.75) is 30.8 Å². The van der Waals surface area contributed by atoms with Crippen LogP contribution in [0.4, 0.5) is 5.69 Å². The fourth-order valence-corrected chi connectivity index (χ4v) is 5.06. The number of piperazine rings is 1. The molecule has 1 aliphatic heterocycles. The summed E-state index contributed by atoms with van der Waals surface area (Å²) < 4.78 is 27.4. The standard InChI is InChI=1S/C18H21ClN2O2S/c1-14-12-20(24(22,23)18-10-8-16(19)9-11-18)13-15(2)21(14)17-6-4-3-5-7-17/h3-11,14-15H,12-13H2,1-2H3. The molecule has 2 atom stereocenters. The van der Waals surface area contributed by atoms with Gasteiger partial charge in [-0.3, -0.25) is 0 Å². The third-order valence-corrected chi connectivity index (χ3v) is 6.49. The lowest BCUT2D eigenvalue weighted by molar-refractivity contribution is 0.301. The van der Waals surface area contributed by atoms with Gasteiger partial charge in [0.1, 0.15) is 0 Å². The van der Waals surface area contributed by atoms with Gasteiger partial charge in [0.2, 0.25) is 10.0 Å². The van der Waals surface area contributed by atoms with Crippen LogP contribution >= 0.6 is 11.6 Å². The van der Waals surface area contributed by atoms with Crippen molar-refractivity contribution in [1.29, 1.82) is 0 Å². The first-order chi connectivity index (χ1) is 11.4. The summed E-state index contributed by atoms with van der Waals surface area (Å²) >= 11 is 5.87. The molecule has 1 saturated heterocycles. The minimum atomic E-state index is -3.50. The quantitative estimate of drug-likeness (QED) is 0.835. The number of anilines is 1. The highest BCUT2D eigenvalue weighted by molar-refractivity contribution is 7.89. The fraction of sp³-hybridized carbons (Fsp3) is 0.333. The number of halogens is 1. The minimum absolute atomic E-state index is 0.0956. The second-order valence-electron chi connectivity index (χ2n) is 6.22. The molecule has 0 saturated carbocycles. The van der Waals surface area contributed by atoms with Crippen LogP contribution < -0.4 is 4.90 Å². The maximum absolute atomic E-state index is 12.9. The first kappa shape index (κ1) is 17.3. The summed E-state index contributed by atoms with van der Waals surface area (Å²) in [5, 5.41) is 0.532. The highest BCUT2D eigenvalue weighted by Crippen LogP contribution is 2.28. The van der Waals surface area contributed by atoms with Crippen molar-refractivity contribution >= 4 is 27.3 Å². The van der Waals surface area contributed by atoms with Crippen molar-refractivity contribution < 1.29 is 8.42 Å². The molecule has 1 heterocycles. The van der Waals surface area contributed by atoms with Gasteiger partial charge in [0.05, 0.1) is 4.90 Å². The number of para-hydroxylation sites is 1. The molecule has 1 fully saturated rings. The smallest absolute Gasteiger partial charge is 0.243 e. The summed E-state index contributed by atoms with van der Waals surface area (Å²) in [7, 11) is -3.50. The van der Waals surface area contributed by atoms with Crippen LogP contribution in [0, 0.1) is 0 Å². The molecule has 128 valence electrons. The summed E-state index contributed by atoms with van der Waals surface area (Å²) in [5.74, 6) is 0. The Balaban J connectivity index is 1.84. The monoisotopic (exact) mass is 364 g/mol. The topological polar surface area (TPSA) is 40.6 Å². The summed E-state index contributed by atoms with van der Waals surface area (Å²) in [6.07, 6.45) is 0. The van der Waals surface area contributed by atoms with Gasteiger partial charge in [-0.15, -0.1) is 0 Å². The Bertz CT molecular complexity index is 782. The molecule has 2 aromatic rings. The third-order valence-electron chi connectivity index (χ3n) is 4.39. The van der Waals surface area contributed by atoms with Gasteiger partial charge < -0.3 is 4.90 Å². The van der Waals surface area contributed by atoms with Gasteiger partial charge in [-0.2, -0.15) is 4.31 Å². The number of benzene rings is 2. The Kier molecular flexibility index (Phi) is 4.85. The van der Waals surface area contributed by atoms with Gasteiger partial charge in [0, 0.05) is 35.9 Å². The number of sulfonamides is 1. The SMILES string of the molecule is CC1CN(S(=O)(=O)c2ccc(Cl)cc2)CC(C)N1c1ccccc1. The molecule has 0 spiro atoms. The van der Waals surface area contributed by atoms with Gasteiger partial charge in [0.25, 0.3) is 0 Å². The van der Waals surface area contributed by atoms with Gasteiger partial charge in [-0.1, -0.05) is 29.8 Å². The van der Waals surface area contributed by atoms with Crippen LogP contribution in [0.5, 0.6) is 0 Å². The van der Waals surface area contributed by atoms with Crippen molar-refractivity contribution in [3.05, 3.63) is 59.6 Å². The lowest BCUT2D eigenvalue weighted by Gasteiger charge is -2.45. The van der Waals surface area contributed by atoms with Gasteiger partial charge in [0.15, 0.2) is 0 Å². The summed E-state index contributed by atoms with van der Waals surface area (Å²) in [6.45, 7) is 5.05. The van der Waals surface area contributed by atoms with E-state index in [1.807, 2.05) is 18.2 Å². The van der Waals surface area contributed by atoms with E-state index in [9.17, 15) is 8.42 Å². The molecular weight excluding hydrogens is 344 g/mol. The zero-order valence-corrected chi connectivity index (χ0v) is 15.3. The molecule has 24 heavy (non-hydrogen) atoms. The Morgan fingerprint density at radius 1 is 0.917 bits per heavy atom. The van der Waals surface area contributed by atoms with E-state index in [0.717, 1.165) is 5.69 Å². The second kappa shape index (κ2) is 6.75. The number of hydrogen-bond acceptors (Lipinski definition) is 3. The molecule has 0 bridgehead atoms. The maximum Gasteiger partial charge on any atom is 0.243 e. The summed E-state index contributed by atoms with van der Waals surface area (Å²) in [6, 6.07) is 16.7. The largest absolute Gasteiger partial charge is 0.363 e. The van der Waals surface area contributed by atoms with E-state index in [-0.39, 0.29) is 12.1 Å². The van der Waals surface area contributed by atoms with Crippen LogP contribution in [-0.2, 0) is 10.0 Å². The van der Waals surface area contributed by atoms with Gasteiger partial charge in [-0.25, -0.2) is 8.42 Å². The molecule has 4 nitrogen and oxygen atoms in total. The fourth-order valence-electron chi connectivity index (χ4n) is 3.34. The minimum Gasteiger partial charge on any atom is -0.363 e. The van der Waals surface area contributed by atoms with Crippen LogP contribution in [0.15, 0.2) is 59.5 Å². The maximum atomic E-state index is 12.9. The molecule has 6 heteroatoms. The average molecular weight is 365 g/mol. The first-order valence-corrected chi connectivity index (χ1v) is 9.80. The molecule has 0 N–H and O–H groups in total. The lowest BCUT2D eigenvalue weighted by Crippen LogP contribution is -2.58. The molecule has 0 aliphatic carbocycles. The second-order valence-corrected chi connectivity index (χ2v) is 8.59. The molecule has 2 aromatic carbocycles. The van der Waals surface area contributed by atoms with Crippen LogP contribution in [0.3, 0.4) is 0 Å². The van der Waals surface area contributed by atoms with Crippen molar-refractivity contribution in [1.82, 2.24) is 4.31 Å². The molecule has 0 aromatic heterocycles. The van der Waals surface area contributed by atoms with Crippen molar-refractivity contribution in [2.24, 2.45) is 0 Å². The Labute approximate surface area is 148 Å². The van der Waals surface area contributed by atoms with E-state index in [0.29, 0.717) is 23.0 Å². The highest BCUT2D eigenvalue weighted by Gasteiger charge is 2.36. The van der Waals surface area contributed by atoms with Crippen LogP contribution in [0.2, 0.25) is 5.02 Å². The van der Waals surface area contributed by atoms with Crippen molar-refractivity contribution in [2.75, 3.05) is 18.0 Å². The molecule has 2 unspecified atom stereocenters. The molecule has 0 radical (unpaired) electrons. The Morgan fingerprint density at radius 2 is 1.46 bits per heavy atom. The number of hydrogen-bond donors (Lipinski definition) is 0. The molecule has 3 rings (SSSR count). The zero-order valence-electron chi connectivity index (χ0n) is 13.8.